The van der Waals surface area contributed by atoms with E-state index in [-0.39, 0.29) is 13.0 Å². The fraction of sp³-hybridized carbons (Fsp3) is 0.720. The summed E-state index contributed by atoms with van der Waals surface area (Å²) in [4.78, 5) is 11.4. The van der Waals surface area contributed by atoms with E-state index < -0.39 is 22.2 Å². The Bertz CT molecular complexity index is 842. The summed E-state index contributed by atoms with van der Waals surface area (Å²) < 4.78 is 41.1. The molecule has 0 aromatic heterocycles. The van der Waals surface area contributed by atoms with E-state index in [2.05, 4.69) is 11.6 Å². The number of aliphatic carboxylic acids is 1. The van der Waals surface area contributed by atoms with Gasteiger partial charge in [-0.05, 0) is 37.8 Å². The van der Waals surface area contributed by atoms with Gasteiger partial charge < -0.3 is 19.1 Å². The van der Waals surface area contributed by atoms with Crippen molar-refractivity contribution >= 4 is 16.2 Å². The summed E-state index contributed by atoms with van der Waals surface area (Å²) in [6, 6.07) is 6.99. The van der Waals surface area contributed by atoms with Gasteiger partial charge in [-0.15, -0.1) is 0 Å². The number of ether oxygens (including phenoxy) is 2. The first-order chi connectivity index (χ1) is 16.5. The second kappa shape index (κ2) is 16.0. The highest BCUT2D eigenvalue weighted by Crippen LogP contribution is 2.20. The van der Waals surface area contributed by atoms with Crippen LogP contribution < -0.4 is 14.2 Å². The summed E-state index contributed by atoms with van der Waals surface area (Å²) >= 11 is 0. The molecule has 0 heterocycles. The van der Waals surface area contributed by atoms with Gasteiger partial charge in [0.05, 0.1) is 53.4 Å². The number of carboxylic acids is 1. The van der Waals surface area contributed by atoms with Crippen LogP contribution in [0, 0.1) is 0 Å². The number of quaternary nitrogens is 1. The molecule has 2 N–H and O–H groups in total. The molecule has 0 spiro atoms. The van der Waals surface area contributed by atoms with Gasteiger partial charge in [-0.3, -0.25) is 4.79 Å². The largest absolute Gasteiger partial charge is 0.493 e. The van der Waals surface area contributed by atoms with Crippen LogP contribution in [0.15, 0.2) is 24.3 Å². The molecule has 0 unspecified atom stereocenters. The van der Waals surface area contributed by atoms with Crippen molar-refractivity contribution in [3.05, 3.63) is 24.3 Å². The third-order valence-corrected chi connectivity index (χ3v) is 7.12. The third kappa shape index (κ3) is 13.7. The molecule has 0 aliphatic carbocycles. The second-order valence-electron chi connectivity index (χ2n) is 9.84. The van der Waals surface area contributed by atoms with Crippen LogP contribution in [0.1, 0.15) is 58.3 Å². The summed E-state index contributed by atoms with van der Waals surface area (Å²) in [6.45, 7) is 4.04. The predicted molar refractivity (Wildman–Crippen MR) is 139 cm³/mol. The number of hydrogen-bond acceptors (Lipinski definition) is 5. The average molecular weight is 517 g/mol. The quantitative estimate of drug-likeness (QED) is 0.203. The topological polar surface area (TPSA) is 105 Å². The number of likely N-dealkylation sites (N-methyl/N-ethyl adjacent to an activating group) is 1. The Morgan fingerprint density at radius 2 is 1.60 bits per heavy atom. The molecule has 0 fully saturated rings. The van der Waals surface area contributed by atoms with E-state index in [0.717, 1.165) is 30.8 Å². The Hall–Kier alpha value is -1.88. The maximum absolute atomic E-state index is 12.7. The van der Waals surface area contributed by atoms with E-state index in [0.29, 0.717) is 30.7 Å². The van der Waals surface area contributed by atoms with E-state index in [9.17, 15) is 18.3 Å². The lowest BCUT2D eigenvalue weighted by Gasteiger charge is -2.34. The first kappa shape index (κ1) is 31.2. The van der Waals surface area contributed by atoms with E-state index in [1.165, 1.54) is 30.6 Å². The molecule has 0 aliphatic heterocycles. The van der Waals surface area contributed by atoms with Crippen LogP contribution in [0.25, 0.3) is 0 Å². The van der Waals surface area contributed by atoms with Crippen LogP contribution in [0.3, 0.4) is 0 Å². The van der Waals surface area contributed by atoms with Gasteiger partial charge in [0.1, 0.15) is 11.5 Å². The molecular weight excluding hydrogens is 470 g/mol. The van der Waals surface area contributed by atoms with Crippen LogP contribution in [-0.4, -0.2) is 88.8 Å². The lowest BCUT2D eigenvalue weighted by Crippen LogP contribution is -2.54. The van der Waals surface area contributed by atoms with Crippen LogP contribution >= 0.6 is 0 Å². The SMILES string of the molecule is CCCCCCOc1cccc(OCCCCCN([C@H](CC(=O)O)C[N+](C)(C)C)S(=O)(=O)NC)c1. The normalized spacial score (nSPS) is 13.1. The zero-order valence-corrected chi connectivity index (χ0v) is 23.0. The van der Waals surface area contributed by atoms with Crippen molar-refractivity contribution < 1.29 is 32.3 Å². The minimum Gasteiger partial charge on any atom is -0.493 e. The van der Waals surface area contributed by atoms with Gasteiger partial charge in [0.15, 0.2) is 0 Å². The molecular formula is C25H46N3O6S+. The molecule has 0 radical (unpaired) electrons. The number of nitrogens with zero attached hydrogens (tertiary/aromatic N) is 2. The standard InChI is InChI=1S/C25H45N3O6S/c1-6-7-8-11-17-33-23-14-13-15-24(20-23)34-18-12-9-10-16-27(35(31,32)26-2)22(19-25(29)30)21-28(3,4)5/h13-15,20,22,26H,6-12,16-19,21H2,1-5H3/p+1/t22-/m1/s1. The Morgan fingerprint density at radius 3 is 2.09 bits per heavy atom. The number of carboxylic acid groups (broad SMARTS) is 1. The number of nitrogens with one attached hydrogen (secondary N) is 1. The zero-order chi connectivity index (χ0) is 26.3. The summed E-state index contributed by atoms with van der Waals surface area (Å²) in [7, 11) is 3.34. The number of hydrogen-bond donors (Lipinski definition) is 2. The lowest BCUT2D eigenvalue weighted by atomic mass is 10.1. The fourth-order valence-corrected chi connectivity index (χ4v) is 4.95. The summed E-state index contributed by atoms with van der Waals surface area (Å²) in [5.41, 5.74) is 0. The molecule has 1 aromatic rings. The third-order valence-electron chi connectivity index (χ3n) is 5.51. The van der Waals surface area contributed by atoms with Crippen molar-refractivity contribution in [1.29, 1.82) is 0 Å². The molecule has 0 saturated heterocycles. The monoisotopic (exact) mass is 516 g/mol. The molecule has 9 nitrogen and oxygen atoms in total. The highest BCUT2D eigenvalue weighted by Gasteiger charge is 2.34. The Balaban J connectivity index is 2.54. The minimum atomic E-state index is -3.77. The van der Waals surface area contributed by atoms with Crippen molar-refractivity contribution in [2.24, 2.45) is 0 Å². The van der Waals surface area contributed by atoms with Crippen molar-refractivity contribution in [1.82, 2.24) is 9.03 Å². The van der Waals surface area contributed by atoms with Gasteiger partial charge in [0.25, 0.3) is 10.2 Å². The van der Waals surface area contributed by atoms with Gasteiger partial charge in [0, 0.05) is 19.7 Å². The average Bonchev–Trinajstić information content (AvgIpc) is 2.77. The minimum absolute atomic E-state index is 0.240. The van der Waals surface area contributed by atoms with E-state index in [1.54, 1.807) is 0 Å². The fourth-order valence-electron chi connectivity index (χ4n) is 3.82. The maximum Gasteiger partial charge on any atom is 0.305 e. The molecule has 0 amide bonds. The van der Waals surface area contributed by atoms with Gasteiger partial charge in [0.2, 0.25) is 0 Å². The summed E-state index contributed by atoms with van der Waals surface area (Å²) in [5, 5.41) is 9.35. The van der Waals surface area contributed by atoms with E-state index in [1.807, 2.05) is 45.4 Å². The molecule has 0 bridgehead atoms. The van der Waals surface area contributed by atoms with Crippen LogP contribution in [0.2, 0.25) is 0 Å². The molecule has 1 atom stereocenters. The van der Waals surface area contributed by atoms with Gasteiger partial charge in [-0.2, -0.15) is 12.7 Å². The van der Waals surface area contributed by atoms with Crippen molar-refractivity contribution in [3.63, 3.8) is 0 Å². The van der Waals surface area contributed by atoms with E-state index in [4.69, 9.17) is 9.47 Å². The van der Waals surface area contributed by atoms with Gasteiger partial charge >= 0.3 is 5.97 Å². The molecule has 1 rings (SSSR count). The zero-order valence-electron chi connectivity index (χ0n) is 22.2. The lowest BCUT2D eigenvalue weighted by molar-refractivity contribution is -0.872. The molecule has 0 aliphatic rings. The van der Waals surface area contributed by atoms with Crippen LogP contribution in [0.4, 0.5) is 0 Å². The first-order valence-corrected chi connectivity index (χ1v) is 14.0. The molecule has 0 saturated carbocycles. The molecule has 1 aromatic carbocycles. The van der Waals surface area contributed by atoms with Crippen molar-refractivity contribution in [3.8, 4) is 11.5 Å². The van der Waals surface area contributed by atoms with Crippen molar-refractivity contribution in [2.45, 2.75) is 64.3 Å². The Kier molecular flexibility index (Phi) is 14.2. The van der Waals surface area contributed by atoms with Gasteiger partial charge in [-0.25, -0.2) is 4.72 Å². The van der Waals surface area contributed by atoms with Crippen LogP contribution in [-0.2, 0) is 15.0 Å². The molecule has 202 valence electrons. The number of unbranched alkanes of at least 4 members (excludes halogenated alkanes) is 5. The Morgan fingerprint density at radius 1 is 1.03 bits per heavy atom. The number of carbonyl (C=O) groups is 1. The Labute approximate surface area is 212 Å². The first-order valence-electron chi connectivity index (χ1n) is 12.6. The predicted octanol–water partition coefficient (Wildman–Crippen LogP) is 3.51. The maximum atomic E-state index is 12.7. The summed E-state index contributed by atoms with van der Waals surface area (Å²) in [5.74, 6) is 0.536. The highest BCUT2D eigenvalue weighted by atomic mass is 32.2. The van der Waals surface area contributed by atoms with Crippen molar-refractivity contribution in [2.75, 3.05) is 54.5 Å². The smallest absolute Gasteiger partial charge is 0.305 e. The highest BCUT2D eigenvalue weighted by molar-refractivity contribution is 7.87. The molecule has 35 heavy (non-hydrogen) atoms. The van der Waals surface area contributed by atoms with Crippen LogP contribution in [0.5, 0.6) is 11.5 Å². The van der Waals surface area contributed by atoms with E-state index >= 15 is 0 Å². The van der Waals surface area contributed by atoms with Gasteiger partial charge in [-0.1, -0.05) is 32.3 Å². The number of rotatable bonds is 20. The second-order valence-corrected chi connectivity index (χ2v) is 11.7. The molecule has 10 heteroatoms. The summed E-state index contributed by atoms with van der Waals surface area (Å²) in [6.07, 6.45) is 6.53. The number of benzene rings is 1.